The summed E-state index contributed by atoms with van der Waals surface area (Å²) >= 11 is 6.08. The number of amides is 1. The van der Waals surface area contributed by atoms with Crippen molar-refractivity contribution in [3.05, 3.63) is 70.7 Å². The second-order valence-electron chi connectivity index (χ2n) is 7.16. The lowest BCUT2D eigenvalue weighted by Gasteiger charge is -2.23. The average Bonchev–Trinajstić information content (AvgIpc) is 3.10. The van der Waals surface area contributed by atoms with Crippen molar-refractivity contribution in [2.75, 3.05) is 26.8 Å². The van der Waals surface area contributed by atoms with E-state index in [4.69, 9.17) is 16.3 Å². The van der Waals surface area contributed by atoms with E-state index < -0.39 is 0 Å². The molecule has 5 nitrogen and oxygen atoms in total. The largest absolute Gasteiger partial charge is 0.383 e. The first-order valence-corrected chi connectivity index (χ1v) is 10.1. The molecule has 3 rings (SSSR count). The summed E-state index contributed by atoms with van der Waals surface area (Å²) in [5, 5.41) is 7.32. The molecule has 6 heteroatoms. The molecule has 28 heavy (non-hydrogen) atoms. The van der Waals surface area contributed by atoms with Gasteiger partial charge in [0.1, 0.15) is 0 Å². The van der Waals surface area contributed by atoms with Gasteiger partial charge in [0.15, 0.2) is 0 Å². The molecule has 0 aromatic heterocycles. The fourth-order valence-corrected chi connectivity index (χ4v) is 3.83. The van der Waals surface area contributed by atoms with Crippen molar-refractivity contribution in [1.82, 2.24) is 15.5 Å². The van der Waals surface area contributed by atoms with Gasteiger partial charge in [-0.2, -0.15) is 0 Å². The highest BCUT2D eigenvalue weighted by molar-refractivity contribution is 6.30. The van der Waals surface area contributed by atoms with Crippen LogP contribution in [0.15, 0.2) is 54.6 Å². The number of hydrogen-bond acceptors (Lipinski definition) is 4. The van der Waals surface area contributed by atoms with Gasteiger partial charge in [-0.3, -0.25) is 9.69 Å². The van der Waals surface area contributed by atoms with E-state index in [1.54, 1.807) is 7.11 Å². The second kappa shape index (κ2) is 10.6. The highest BCUT2D eigenvalue weighted by Gasteiger charge is 2.36. The summed E-state index contributed by atoms with van der Waals surface area (Å²) in [6, 6.07) is 18.3. The van der Waals surface area contributed by atoms with Gasteiger partial charge in [-0.05, 0) is 29.7 Å². The number of carbonyl (C=O) groups excluding carboxylic acids is 1. The maximum absolute atomic E-state index is 12.7. The van der Waals surface area contributed by atoms with Gasteiger partial charge in [0.2, 0.25) is 5.91 Å². The Bertz CT molecular complexity index is 756. The molecule has 0 radical (unpaired) electrons. The van der Waals surface area contributed by atoms with Crippen LogP contribution in [0, 0.1) is 0 Å². The molecule has 2 aromatic carbocycles. The summed E-state index contributed by atoms with van der Waals surface area (Å²) in [6.45, 7) is 3.39. The summed E-state index contributed by atoms with van der Waals surface area (Å²) in [5.41, 5.74) is 2.36. The predicted molar refractivity (Wildman–Crippen MR) is 112 cm³/mol. The number of rotatable bonds is 9. The maximum Gasteiger partial charge on any atom is 0.237 e. The normalized spacial score (nSPS) is 19.6. The minimum absolute atomic E-state index is 0.0695. The van der Waals surface area contributed by atoms with E-state index in [0.29, 0.717) is 13.2 Å². The SMILES string of the molecule is COCCNC(=O)[C@@H]1C[C@H](NCc2cccc(Cl)c2)CN1Cc1ccccc1. The van der Waals surface area contributed by atoms with Gasteiger partial charge in [-0.15, -0.1) is 0 Å². The van der Waals surface area contributed by atoms with Crippen LogP contribution in [-0.2, 0) is 22.6 Å². The van der Waals surface area contributed by atoms with Crippen LogP contribution in [0.2, 0.25) is 5.02 Å². The van der Waals surface area contributed by atoms with E-state index in [9.17, 15) is 4.79 Å². The van der Waals surface area contributed by atoms with E-state index in [0.717, 1.165) is 36.6 Å². The number of likely N-dealkylation sites (tertiary alicyclic amines) is 1. The molecular formula is C22H28ClN3O2. The maximum atomic E-state index is 12.7. The van der Waals surface area contributed by atoms with Crippen LogP contribution in [0.5, 0.6) is 0 Å². The number of halogens is 1. The third-order valence-corrected chi connectivity index (χ3v) is 5.26. The average molecular weight is 402 g/mol. The van der Waals surface area contributed by atoms with Gasteiger partial charge < -0.3 is 15.4 Å². The van der Waals surface area contributed by atoms with Crippen molar-refractivity contribution in [3.8, 4) is 0 Å². The van der Waals surface area contributed by atoms with Gasteiger partial charge in [-0.25, -0.2) is 0 Å². The molecule has 0 unspecified atom stereocenters. The molecule has 0 saturated carbocycles. The third kappa shape index (κ3) is 6.04. The monoisotopic (exact) mass is 401 g/mol. The topological polar surface area (TPSA) is 53.6 Å². The molecule has 1 saturated heterocycles. The molecule has 1 aliphatic heterocycles. The number of hydrogen-bond donors (Lipinski definition) is 2. The lowest BCUT2D eigenvalue weighted by Crippen LogP contribution is -2.43. The van der Waals surface area contributed by atoms with Crippen LogP contribution in [0.4, 0.5) is 0 Å². The zero-order valence-electron chi connectivity index (χ0n) is 16.2. The molecule has 1 fully saturated rings. The molecule has 0 spiro atoms. The number of benzene rings is 2. The van der Waals surface area contributed by atoms with Crippen molar-refractivity contribution in [1.29, 1.82) is 0 Å². The van der Waals surface area contributed by atoms with E-state index in [1.807, 2.05) is 36.4 Å². The smallest absolute Gasteiger partial charge is 0.237 e. The van der Waals surface area contributed by atoms with Crippen LogP contribution < -0.4 is 10.6 Å². The molecule has 0 bridgehead atoms. The van der Waals surface area contributed by atoms with Gasteiger partial charge in [0, 0.05) is 44.4 Å². The Kier molecular flexibility index (Phi) is 7.86. The van der Waals surface area contributed by atoms with Crippen LogP contribution in [0.25, 0.3) is 0 Å². The Balaban J connectivity index is 1.62. The summed E-state index contributed by atoms with van der Waals surface area (Å²) in [5.74, 6) is 0.0695. The quantitative estimate of drug-likeness (QED) is 0.634. The molecule has 1 amide bonds. The van der Waals surface area contributed by atoms with Gasteiger partial charge >= 0.3 is 0 Å². The fraction of sp³-hybridized carbons (Fsp3) is 0.409. The van der Waals surface area contributed by atoms with Crippen molar-refractivity contribution >= 4 is 17.5 Å². The molecule has 0 aliphatic carbocycles. The predicted octanol–water partition coefficient (Wildman–Crippen LogP) is 2.84. The Morgan fingerprint density at radius 3 is 2.71 bits per heavy atom. The summed E-state index contributed by atoms with van der Waals surface area (Å²) < 4.78 is 5.04. The van der Waals surface area contributed by atoms with Crippen molar-refractivity contribution < 1.29 is 9.53 Å². The van der Waals surface area contributed by atoms with E-state index in [2.05, 4.69) is 33.7 Å². The van der Waals surface area contributed by atoms with Gasteiger partial charge in [-0.1, -0.05) is 54.1 Å². The number of nitrogens with zero attached hydrogens (tertiary/aromatic N) is 1. The third-order valence-electron chi connectivity index (χ3n) is 5.02. The molecule has 2 aromatic rings. The number of methoxy groups -OCH3 is 1. The standard InChI is InChI=1S/C22H28ClN3O2/c1-28-11-10-24-22(27)21-13-20(25-14-18-8-5-9-19(23)12-18)16-26(21)15-17-6-3-2-4-7-17/h2-9,12,20-21,25H,10-11,13-16H2,1H3,(H,24,27)/t20-,21-/m0/s1. The molecule has 2 N–H and O–H groups in total. The summed E-state index contributed by atoms with van der Waals surface area (Å²) in [4.78, 5) is 15.0. The lowest BCUT2D eigenvalue weighted by atomic mass is 10.1. The molecule has 2 atom stereocenters. The van der Waals surface area contributed by atoms with E-state index in [1.165, 1.54) is 5.56 Å². The van der Waals surface area contributed by atoms with E-state index >= 15 is 0 Å². The van der Waals surface area contributed by atoms with Crippen molar-refractivity contribution in [2.45, 2.75) is 31.6 Å². The number of ether oxygens (including phenoxy) is 1. The van der Waals surface area contributed by atoms with Crippen molar-refractivity contribution in [3.63, 3.8) is 0 Å². The van der Waals surface area contributed by atoms with Crippen LogP contribution >= 0.6 is 11.6 Å². The van der Waals surface area contributed by atoms with Crippen LogP contribution in [-0.4, -0.2) is 49.7 Å². The van der Waals surface area contributed by atoms with Gasteiger partial charge in [0.05, 0.1) is 12.6 Å². The van der Waals surface area contributed by atoms with Crippen molar-refractivity contribution in [2.24, 2.45) is 0 Å². The van der Waals surface area contributed by atoms with Crippen LogP contribution in [0.3, 0.4) is 0 Å². The molecular weight excluding hydrogens is 374 g/mol. The first-order valence-electron chi connectivity index (χ1n) is 9.68. The van der Waals surface area contributed by atoms with Crippen LogP contribution in [0.1, 0.15) is 17.5 Å². The number of carbonyl (C=O) groups is 1. The minimum Gasteiger partial charge on any atom is -0.383 e. The minimum atomic E-state index is -0.145. The molecule has 1 aliphatic rings. The summed E-state index contributed by atoms with van der Waals surface area (Å²) in [7, 11) is 1.64. The fourth-order valence-electron chi connectivity index (χ4n) is 3.62. The molecule has 150 valence electrons. The zero-order valence-corrected chi connectivity index (χ0v) is 17.0. The Labute approximate surface area is 172 Å². The lowest BCUT2D eigenvalue weighted by molar-refractivity contribution is -0.125. The summed E-state index contributed by atoms with van der Waals surface area (Å²) in [6.07, 6.45) is 0.784. The zero-order chi connectivity index (χ0) is 19.8. The number of nitrogens with one attached hydrogen (secondary N) is 2. The highest BCUT2D eigenvalue weighted by atomic mass is 35.5. The molecule has 1 heterocycles. The van der Waals surface area contributed by atoms with E-state index in [-0.39, 0.29) is 18.0 Å². The first kappa shape index (κ1) is 20.8. The Morgan fingerprint density at radius 2 is 1.96 bits per heavy atom. The highest BCUT2D eigenvalue weighted by Crippen LogP contribution is 2.22. The Hall–Kier alpha value is -1.92. The van der Waals surface area contributed by atoms with Gasteiger partial charge in [0.25, 0.3) is 0 Å². The Morgan fingerprint density at radius 1 is 1.18 bits per heavy atom. The first-order chi connectivity index (χ1) is 13.7. The second-order valence-corrected chi connectivity index (χ2v) is 7.59.